The van der Waals surface area contributed by atoms with Gasteiger partial charge in [-0.1, -0.05) is 19.8 Å². The normalized spacial score (nSPS) is 23.6. The van der Waals surface area contributed by atoms with Crippen LogP contribution < -0.4 is 5.32 Å². The fraction of sp³-hybridized carbons (Fsp3) is 0.538. The minimum absolute atomic E-state index is 0.0603. The SMILES string of the molecule is CC1CCCCC1NC(=O)c1ccc(C(=O)O)o1. The number of carboxylic acids is 1. The van der Waals surface area contributed by atoms with Crippen LogP contribution >= 0.6 is 0 Å². The molecule has 5 nitrogen and oxygen atoms in total. The molecular formula is C13H17NO4. The summed E-state index contributed by atoms with van der Waals surface area (Å²) in [6, 6.07) is 2.85. The van der Waals surface area contributed by atoms with Gasteiger partial charge in [-0.2, -0.15) is 0 Å². The van der Waals surface area contributed by atoms with Gasteiger partial charge in [0.1, 0.15) is 0 Å². The molecule has 2 unspecified atom stereocenters. The first-order valence-electron chi connectivity index (χ1n) is 6.22. The van der Waals surface area contributed by atoms with E-state index in [1.165, 1.54) is 18.6 Å². The second-order valence-electron chi connectivity index (χ2n) is 4.81. The highest BCUT2D eigenvalue weighted by atomic mass is 16.4. The highest BCUT2D eigenvalue weighted by Gasteiger charge is 2.24. The van der Waals surface area contributed by atoms with Gasteiger partial charge in [0, 0.05) is 6.04 Å². The highest BCUT2D eigenvalue weighted by molar-refractivity contribution is 5.93. The third kappa shape index (κ3) is 2.72. The van der Waals surface area contributed by atoms with Crippen molar-refractivity contribution in [2.24, 2.45) is 5.92 Å². The number of hydrogen-bond donors (Lipinski definition) is 2. The highest BCUT2D eigenvalue weighted by Crippen LogP contribution is 2.24. The Hall–Kier alpha value is -1.78. The van der Waals surface area contributed by atoms with E-state index >= 15 is 0 Å². The summed E-state index contributed by atoms with van der Waals surface area (Å²) < 4.78 is 4.97. The number of furan rings is 1. The zero-order chi connectivity index (χ0) is 13.1. The number of rotatable bonds is 3. The van der Waals surface area contributed by atoms with Crippen LogP contribution in [-0.4, -0.2) is 23.0 Å². The van der Waals surface area contributed by atoms with E-state index in [1.807, 2.05) is 0 Å². The Morgan fingerprint density at radius 1 is 1.28 bits per heavy atom. The van der Waals surface area contributed by atoms with Crippen molar-refractivity contribution in [2.75, 3.05) is 0 Å². The van der Waals surface area contributed by atoms with Crippen molar-refractivity contribution in [3.8, 4) is 0 Å². The predicted molar refractivity (Wildman–Crippen MR) is 64.6 cm³/mol. The quantitative estimate of drug-likeness (QED) is 0.863. The molecule has 1 heterocycles. The molecule has 2 N–H and O–H groups in total. The molecule has 0 bridgehead atoms. The molecule has 1 aromatic heterocycles. The Kier molecular flexibility index (Phi) is 3.69. The second kappa shape index (κ2) is 5.25. The van der Waals surface area contributed by atoms with Crippen LogP contribution in [0.15, 0.2) is 16.5 Å². The molecule has 1 aromatic rings. The van der Waals surface area contributed by atoms with Crippen LogP contribution in [0, 0.1) is 5.92 Å². The molecule has 1 saturated carbocycles. The number of amides is 1. The molecule has 0 spiro atoms. The molecule has 0 aliphatic heterocycles. The molecular weight excluding hydrogens is 234 g/mol. The second-order valence-corrected chi connectivity index (χ2v) is 4.81. The minimum atomic E-state index is -1.17. The van der Waals surface area contributed by atoms with Crippen LogP contribution in [0.3, 0.4) is 0 Å². The fourth-order valence-corrected chi connectivity index (χ4v) is 2.35. The van der Waals surface area contributed by atoms with Crippen molar-refractivity contribution in [1.29, 1.82) is 0 Å². The third-order valence-corrected chi connectivity index (χ3v) is 3.47. The zero-order valence-electron chi connectivity index (χ0n) is 10.3. The summed E-state index contributed by atoms with van der Waals surface area (Å²) in [5, 5.41) is 11.6. The molecule has 2 rings (SSSR count). The van der Waals surface area contributed by atoms with Gasteiger partial charge < -0.3 is 14.8 Å². The van der Waals surface area contributed by atoms with Gasteiger partial charge in [-0.3, -0.25) is 4.79 Å². The van der Waals surface area contributed by atoms with E-state index in [4.69, 9.17) is 9.52 Å². The topological polar surface area (TPSA) is 79.5 Å². The van der Waals surface area contributed by atoms with E-state index in [2.05, 4.69) is 12.2 Å². The number of hydrogen-bond acceptors (Lipinski definition) is 3. The Balaban J connectivity index is 2.00. The largest absolute Gasteiger partial charge is 0.475 e. The van der Waals surface area contributed by atoms with Crippen LogP contribution in [0.25, 0.3) is 0 Å². The van der Waals surface area contributed by atoms with Gasteiger partial charge in [0.2, 0.25) is 5.76 Å². The smallest absolute Gasteiger partial charge is 0.371 e. The molecule has 0 saturated heterocycles. The van der Waals surface area contributed by atoms with E-state index in [-0.39, 0.29) is 23.5 Å². The van der Waals surface area contributed by atoms with Crippen LogP contribution in [-0.2, 0) is 0 Å². The molecule has 0 aromatic carbocycles. The lowest BCUT2D eigenvalue weighted by atomic mass is 9.86. The molecule has 1 aliphatic carbocycles. The van der Waals surface area contributed by atoms with Crippen LogP contribution in [0.5, 0.6) is 0 Å². The van der Waals surface area contributed by atoms with Crippen molar-refractivity contribution in [3.05, 3.63) is 23.7 Å². The molecule has 1 aliphatic rings. The minimum Gasteiger partial charge on any atom is -0.475 e. The number of aromatic carboxylic acids is 1. The lowest BCUT2D eigenvalue weighted by Crippen LogP contribution is -2.40. The zero-order valence-corrected chi connectivity index (χ0v) is 10.3. The molecule has 98 valence electrons. The van der Waals surface area contributed by atoms with E-state index in [9.17, 15) is 9.59 Å². The first-order valence-corrected chi connectivity index (χ1v) is 6.22. The van der Waals surface area contributed by atoms with Gasteiger partial charge in [0.05, 0.1) is 0 Å². The van der Waals surface area contributed by atoms with Gasteiger partial charge in [-0.05, 0) is 30.9 Å². The summed E-state index contributed by atoms with van der Waals surface area (Å²) in [6.45, 7) is 2.12. The summed E-state index contributed by atoms with van der Waals surface area (Å²) >= 11 is 0. The lowest BCUT2D eigenvalue weighted by molar-refractivity contribution is 0.0659. The van der Waals surface area contributed by atoms with E-state index < -0.39 is 5.97 Å². The van der Waals surface area contributed by atoms with Crippen LogP contribution in [0.1, 0.15) is 53.7 Å². The number of carboxylic acid groups (broad SMARTS) is 1. The fourth-order valence-electron chi connectivity index (χ4n) is 2.35. The number of carbonyl (C=O) groups excluding carboxylic acids is 1. The van der Waals surface area contributed by atoms with E-state index in [0.29, 0.717) is 5.92 Å². The summed E-state index contributed by atoms with van der Waals surface area (Å²) in [4.78, 5) is 22.6. The van der Waals surface area contributed by atoms with Gasteiger partial charge in [0.15, 0.2) is 5.76 Å². The maximum absolute atomic E-state index is 11.9. The van der Waals surface area contributed by atoms with E-state index in [0.717, 1.165) is 19.3 Å². The van der Waals surface area contributed by atoms with Crippen molar-refractivity contribution in [3.63, 3.8) is 0 Å². The molecule has 5 heteroatoms. The van der Waals surface area contributed by atoms with Crippen LogP contribution in [0.2, 0.25) is 0 Å². The maximum Gasteiger partial charge on any atom is 0.371 e. The molecule has 2 atom stereocenters. The van der Waals surface area contributed by atoms with Crippen molar-refractivity contribution in [1.82, 2.24) is 5.32 Å². The number of carbonyl (C=O) groups is 2. The van der Waals surface area contributed by atoms with E-state index in [1.54, 1.807) is 0 Å². The number of nitrogens with one attached hydrogen (secondary N) is 1. The first kappa shape index (κ1) is 12.7. The average molecular weight is 251 g/mol. The molecule has 18 heavy (non-hydrogen) atoms. The molecule has 0 radical (unpaired) electrons. The van der Waals surface area contributed by atoms with Gasteiger partial charge in [0.25, 0.3) is 5.91 Å². The standard InChI is InChI=1S/C13H17NO4/c1-8-4-2-3-5-9(8)14-12(15)10-6-7-11(18-10)13(16)17/h6-9H,2-5H2,1H3,(H,14,15)(H,16,17). The van der Waals surface area contributed by atoms with Gasteiger partial charge in [-0.15, -0.1) is 0 Å². The third-order valence-electron chi connectivity index (χ3n) is 3.47. The Labute approximate surface area is 105 Å². The van der Waals surface area contributed by atoms with Crippen molar-refractivity contribution < 1.29 is 19.1 Å². The summed E-state index contributed by atoms with van der Waals surface area (Å²) in [5.74, 6) is -1.19. The Morgan fingerprint density at radius 2 is 1.94 bits per heavy atom. The van der Waals surface area contributed by atoms with Gasteiger partial charge >= 0.3 is 5.97 Å². The van der Waals surface area contributed by atoms with Crippen LogP contribution in [0.4, 0.5) is 0 Å². The van der Waals surface area contributed by atoms with Crippen molar-refractivity contribution >= 4 is 11.9 Å². The first-order chi connectivity index (χ1) is 8.58. The monoisotopic (exact) mass is 251 g/mol. The maximum atomic E-state index is 11.9. The Bertz CT molecular complexity index is 452. The summed E-state index contributed by atoms with van der Waals surface area (Å²) in [7, 11) is 0. The van der Waals surface area contributed by atoms with Crippen molar-refractivity contribution in [2.45, 2.75) is 38.6 Å². The molecule has 1 amide bonds. The Morgan fingerprint density at radius 3 is 2.56 bits per heavy atom. The summed E-state index contributed by atoms with van der Waals surface area (Å²) in [5.41, 5.74) is 0. The molecule has 1 fully saturated rings. The lowest BCUT2D eigenvalue weighted by Gasteiger charge is -2.29. The predicted octanol–water partition coefficient (Wildman–Crippen LogP) is 2.29. The average Bonchev–Trinajstić information content (AvgIpc) is 2.81. The summed E-state index contributed by atoms with van der Waals surface area (Å²) in [6.07, 6.45) is 4.41. The van der Waals surface area contributed by atoms with Gasteiger partial charge in [-0.25, -0.2) is 4.79 Å².